The molecule has 1 saturated heterocycles. The molecule has 2 amide bonds. The summed E-state index contributed by atoms with van der Waals surface area (Å²) in [7, 11) is 0. The predicted molar refractivity (Wildman–Crippen MR) is 104 cm³/mol. The van der Waals surface area contributed by atoms with Crippen molar-refractivity contribution in [3.63, 3.8) is 0 Å². The van der Waals surface area contributed by atoms with Crippen LogP contribution >= 0.6 is 0 Å². The summed E-state index contributed by atoms with van der Waals surface area (Å²) in [6.07, 6.45) is 1.67. The molecule has 1 fully saturated rings. The molecule has 1 aliphatic heterocycles. The molecular weight excluding hydrogens is 360 g/mol. The van der Waals surface area contributed by atoms with E-state index in [0.717, 1.165) is 0 Å². The first-order valence-electron chi connectivity index (χ1n) is 9.13. The highest BCUT2D eigenvalue weighted by Crippen LogP contribution is 2.15. The van der Waals surface area contributed by atoms with Crippen LogP contribution in [0.3, 0.4) is 0 Å². The van der Waals surface area contributed by atoms with Crippen molar-refractivity contribution in [3.8, 4) is 5.75 Å². The number of nitrogens with one attached hydrogen (secondary N) is 1. The molecule has 0 radical (unpaired) electrons. The number of hydrogen-bond donors (Lipinski definition) is 1. The number of hydrogen-bond acceptors (Lipinski definition) is 6. The van der Waals surface area contributed by atoms with Gasteiger partial charge in [0.15, 0.2) is 5.82 Å². The molecule has 0 unspecified atom stereocenters. The highest BCUT2D eigenvalue weighted by molar-refractivity contribution is 5.94. The van der Waals surface area contributed by atoms with Crippen LogP contribution in [0.25, 0.3) is 0 Å². The molecule has 1 aromatic carbocycles. The van der Waals surface area contributed by atoms with E-state index in [2.05, 4.69) is 17.1 Å². The van der Waals surface area contributed by atoms with Gasteiger partial charge in [-0.3, -0.25) is 14.5 Å². The fraction of sp³-hybridized carbons (Fsp3) is 0.350. The predicted octanol–water partition coefficient (Wildman–Crippen LogP) is 1.94. The number of ether oxygens (including phenoxy) is 1. The number of carbonyl (C=O) groups is 2. The monoisotopic (exact) mass is 384 g/mol. The fourth-order valence-corrected chi connectivity index (χ4v) is 2.95. The summed E-state index contributed by atoms with van der Waals surface area (Å²) in [5.74, 6) is 1.59. The normalized spacial score (nSPS) is 14.5. The van der Waals surface area contributed by atoms with E-state index in [1.54, 1.807) is 48.2 Å². The van der Waals surface area contributed by atoms with Gasteiger partial charge in [0.05, 0.1) is 6.54 Å². The standard InChI is InChI=1S/C20H24N4O4/c1-3-12-27-17-6-4-16(5-7-17)20(26)24-10-8-23(9-11-24)14-19(25)21-18-13-15(2)28-22-18/h3-7,13H,1,8-12,14H2,2H3,(H,21,22,25). The largest absolute Gasteiger partial charge is 0.490 e. The zero-order valence-corrected chi connectivity index (χ0v) is 15.9. The Bertz CT molecular complexity index is 823. The number of piperazine rings is 1. The third-order valence-electron chi connectivity index (χ3n) is 4.39. The minimum absolute atomic E-state index is 0.0163. The van der Waals surface area contributed by atoms with Crippen molar-refractivity contribution in [2.45, 2.75) is 6.92 Å². The molecule has 8 nitrogen and oxygen atoms in total. The Morgan fingerprint density at radius 1 is 1.25 bits per heavy atom. The highest BCUT2D eigenvalue weighted by atomic mass is 16.5. The fourth-order valence-electron chi connectivity index (χ4n) is 2.95. The summed E-state index contributed by atoms with van der Waals surface area (Å²) in [4.78, 5) is 28.6. The van der Waals surface area contributed by atoms with E-state index in [1.165, 1.54) is 0 Å². The number of carbonyl (C=O) groups excluding carboxylic acids is 2. The molecule has 0 aliphatic carbocycles. The number of aromatic nitrogens is 1. The maximum atomic E-state index is 12.6. The summed E-state index contributed by atoms with van der Waals surface area (Å²) in [6, 6.07) is 8.76. The van der Waals surface area contributed by atoms with Crippen LogP contribution < -0.4 is 10.1 Å². The Hall–Kier alpha value is -3.13. The molecule has 8 heteroatoms. The second kappa shape index (κ2) is 9.18. The van der Waals surface area contributed by atoms with E-state index in [-0.39, 0.29) is 18.4 Å². The first kappa shape index (κ1) is 19.6. The third kappa shape index (κ3) is 5.20. The first-order chi connectivity index (χ1) is 13.5. The quantitative estimate of drug-likeness (QED) is 0.734. The molecule has 2 aromatic rings. The summed E-state index contributed by atoms with van der Waals surface area (Å²) < 4.78 is 10.4. The molecule has 0 atom stereocenters. The molecule has 1 aliphatic rings. The van der Waals surface area contributed by atoms with Crippen LogP contribution in [0.2, 0.25) is 0 Å². The van der Waals surface area contributed by atoms with Crippen LogP contribution in [0.4, 0.5) is 5.82 Å². The zero-order valence-electron chi connectivity index (χ0n) is 15.9. The van der Waals surface area contributed by atoms with Gasteiger partial charge in [0.2, 0.25) is 5.91 Å². The molecule has 0 spiro atoms. The lowest BCUT2D eigenvalue weighted by molar-refractivity contribution is -0.117. The third-order valence-corrected chi connectivity index (χ3v) is 4.39. The van der Waals surface area contributed by atoms with Gasteiger partial charge in [-0.25, -0.2) is 0 Å². The summed E-state index contributed by atoms with van der Waals surface area (Å²) in [5.41, 5.74) is 0.624. The van der Waals surface area contributed by atoms with Crippen molar-refractivity contribution in [1.82, 2.24) is 15.0 Å². The molecular formula is C20H24N4O4. The molecule has 148 valence electrons. The number of amides is 2. The number of aryl methyl sites for hydroxylation is 1. The topological polar surface area (TPSA) is 87.9 Å². The van der Waals surface area contributed by atoms with Crippen molar-refractivity contribution in [2.24, 2.45) is 0 Å². The van der Waals surface area contributed by atoms with E-state index < -0.39 is 0 Å². The van der Waals surface area contributed by atoms with E-state index >= 15 is 0 Å². The second-order valence-electron chi connectivity index (χ2n) is 6.56. The van der Waals surface area contributed by atoms with Crippen molar-refractivity contribution in [1.29, 1.82) is 0 Å². The Kier molecular flexibility index (Phi) is 6.44. The van der Waals surface area contributed by atoms with Crippen molar-refractivity contribution in [3.05, 3.63) is 54.3 Å². The number of benzene rings is 1. The van der Waals surface area contributed by atoms with Gasteiger partial charge in [-0.2, -0.15) is 0 Å². The summed E-state index contributed by atoms with van der Waals surface area (Å²) in [5, 5.41) is 6.45. The minimum Gasteiger partial charge on any atom is -0.490 e. The lowest BCUT2D eigenvalue weighted by Crippen LogP contribution is -2.50. The van der Waals surface area contributed by atoms with E-state index in [9.17, 15) is 9.59 Å². The minimum atomic E-state index is -0.150. The van der Waals surface area contributed by atoms with Gasteiger partial charge >= 0.3 is 0 Å². The lowest BCUT2D eigenvalue weighted by atomic mass is 10.1. The van der Waals surface area contributed by atoms with Gasteiger partial charge in [0.25, 0.3) is 5.91 Å². The Morgan fingerprint density at radius 3 is 2.57 bits per heavy atom. The smallest absolute Gasteiger partial charge is 0.253 e. The Morgan fingerprint density at radius 2 is 1.96 bits per heavy atom. The summed E-state index contributed by atoms with van der Waals surface area (Å²) in [6.45, 7) is 8.47. The van der Waals surface area contributed by atoms with Gasteiger partial charge in [-0.15, -0.1) is 0 Å². The molecule has 1 aromatic heterocycles. The first-order valence-corrected chi connectivity index (χ1v) is 9.13. The number of rotatable bonds is 7. The van der Waals surface area contributed by atoms with Crippen LogP contribution in [0.1, 0.15) is 16.1 Å². The van der Waals surface area contributed by atoms with Gasteiger partial charge in [0.1, 0.15) is 18.1 Å². The second-order valence-corrected chi connectivity index (χ2v) is 6.56. The average molecular weight is 384 g/mol. The molecule has 1 N–H and O–H groups in total. The van der Waals surface area contributed by atoms with Crippen LogP contribution in [0.15, 0.2) is 47.5 Å². The van der Waals surface area contributed by atoms with E-state index in [0.29, 0.717) is 55.7 Å². The van der Waals surface area contributed by atoms with Gasteiger partial charge in [-0.1, -0.05) is 17.8 Å². The molecule has 28 heavy (non-hydrogen) atoms. The lowest BCUT2D eigenvalue weighted by Gasteiger charge is -2.34. The van der Waals surface area contributed by atoms with E-state index in [4.69, 9.17) is 9.26 Å². The van der Waals surface area contributed by atoms with E-state index in [1.807, 2.05) is 4.90 Å². The molecule has 0 saturated carbocycles. The number of nitrogens with zero attached hydrogens (tertiary/aromatic N) is 3. The Balaban J connectivity index is 1.45. The number of anilines is 1. The van der Waals surface area contributed by atoms with Crippen LogP contribution in [-0.2, 0) is 4.79 Å². The van der Waals surface area contributed by atoms with Gasteiger partial charge in [-0.05, 0) is 31.2 Å². The zero-order chi connectivity index (χ0) is 19.9. The van der Waals surface area contributed by atoms with Crippen molar-refractivity contribution >= 4 is 17.6 Å². The van der Waals surface area contributed by atoms with Crippen LogP contribution in [-0.4, -0.2) is 66.1 Å². The molecule has 2 heterocycles. The van der Waals surface area contributed by atoms with Gasteiger partial charge in [0, 0.05) is 37.8 Å². The maximum Gasteiger partial charge on any atom is 0.253 e. The maximum absolute atomic E-state index is 12.6. The Labute approximate surface area is 163 Å². The highest BCUT2D eigenvalue weighted by Gasteiger charge is 2.23. The van der Waals surface area contributed by atoms with Crippen molar-refractivity contribution in [2.75, 3.05) is 44.6 Å². The van der Waals surface area contributed by atoms with Crippen LogP contribution in [0.5, 0.6) is 5.75 Å². The molecule has 3 rings (SSSR count). The molecule has 0 bridgehead atoms. The average Bonchev–Trinajstić information content (AvgIpc) is 3.11. The van der Waals surface area contributed by atoms with Crippen LogP contribution in [0, 0.1) is 6.92 Å². The van der Waals surface area contributed by atoms with Gasteiger partial charge < -0.3 is 19.5 Å². The summed E-state index contributed by atoms with van der Waals surface area (Å²) >= 11 is 0. The SMILES string of the molecule is C=CCOc1ccc(C(=O)N2CCN(CC(=O)Nc3cc(C)on3)CC2)cc1. The van der Waals surface area contributed by atoms with Crippen molar-refractivity contribution < 1.29 is 18.8 Å².